The number of benzene rings is 2. The second-order valence-electron chi connectivity index (χ2n) is 6.06. The fourth-order valence-electron chi connectivity index (χ4n) is 2.56. The minimum absolute atomic E-state index is 0.00174. The Bertz CT molecular complexity index is 990. The van der Waals surface area contributed by atoms with Gasteiger partial charge in [-0.25, -0.2) is 13.4 Å². The first-order chi connectivity index (χ1) is 12.4. The van der Waals surface area contributed by atoms with Crippen molar-refractivity contribution in [3.63, 3.8) is 0 Å². The van der Waals surface area contributed by atoms with Gasteiger partial charge in [-0.2, -0.15) is 0 Å². The molecule has 0 aliphatic rings. The highest BCUT2D eigenvalue weighted by atomic mass is 32.2. The number of nitrogens with zero attached hydrogens (tertiary/aromatic N) is 1. The normalized spacial score (nSPS) is 12.8. The first-order valence-corrected chi connectivity index (χ1v) is 10.1. The zero-order chi connectivity index (χ0) is 18.7. The van der Waals surface area contributed by atoms with Crippen LogP contribution in [0.2, 0.25) is 0 Å². The number of hydrogen-bond donors (Lipinski definition) is 1. The van der Waals surface area contributed by atoms with Gasteiger partial charge in [0.25, 0.3) is 0 Å². The largest absolute Gasteiger partial charge is 0.436 e. The molecule has 3 aromatic rings. The van der Waals surface area contributed by atoms with Gasteiger partial charge >= 0.3 is 0 Å². The van der Waals surface area contributed by atoms with Gasteiger partial charge in [-0.3, -0.25) is 4.79 Å². The number of amides is 1. The number of sulfone groups is 1. The van der Waals surface area contributed by atoms with Crippen molar-refractivity contribution in [1.82, 2.24) is 4.98 Å². The third-order valence-electron chi connectivity index (χ3n) is 4.09. The first-order valence-electron chi connectivity index (χ1n) is 8.39. The second kappa shape index (κ2) is 7.29. The molecule has 0 fully saturated rings. The SMILES string of the molecule is CCCS(=O)(=O)[C@H](C)C(=O)Nc1ccc(-c2nc3ccccc3o2)cc1. The molecule has 2 aromatic carbocycles. The Labute approximate surface area is 152 Å². The average Bonchev–Trinajstić information content (AvgIpc) is 3.05. The van der Waals surface area contributed by atoms with E-state index in [2.05, 4.69) is 10.3 Å². The molecule has 136 valence electrons. The Hall–Kier alpha value is -2.67. The number of hydrogen-bond acceptors (Lipinski definition) is 5. The highest BCUT2D eigenvalue weighted by Crippen LogP contribution is 2.25. The van der Waals surface area contributed by atoms with Gasteiger partial charge in [-0.15, -0.1) is 0 Å². The smallest absolute Gasteiger partial charge is 0.242 e. The topological polar surface area (TPSA) is 89.3 Å². The number of aromatic nitrogens is 1. The van der Waals surface area contributed by atoms with Gasteiger partial charge < -0.3 is 9.73 Å². The third kappa shape index (κ3) is 3.77. The van der Waals surface area contributed by atoms with E-state index in [0.29, 0.717) is 23.6 Å². The molecule has 0 spiro atoms. The summed E-state index contributed by atoms with van der Waals surface area (Å²) in [6, 6.07) is 14.4. The van der Waals surface area contributed by atoms with E-state index >= 15 is 0 Å². The lowest BCUT2D eigenvalue weighted by Crippen LogP contribution is -2.34. The molecule has 7 heteroatoms. The van der Waals surface area contributed by atoms with Crippen molar-refractivity contribution in [1.29, 1.82) is 0 Å². The molecule has 0 aliphatic heterocycles. The molecule has 0 bridgehead atoms. The molecular weight excluding hydrogens is 352 g/mol. The van der Waals surface area contributed by atoms with Crippen molar-refractivity contribution in [3.05, 3.63) is 48.5 Å². The number of para-hydroxylation sites is 2. The number of oxazole rings is 1. The third-order valence-corrected chi connectivity index (χ3v) is 6.36. The van der Waals surface area contributed by atoms with Crippen LogP contribution in [0.25, 0.3) is 22.6 Å². The molecule has 3 rings (SSSR count). The molecule has 1 N–H and O–H groups in total. The lowest BCUT2D eigenvalue weighted by atomic mass is 10.2. The molecule has 0 radical (unpaired) electrons. The van der Waals surface area contributed by atoms with Crippen molar-refractivity contribution in [2.75, 3.05) is 11.1 Å². The highest BCUT2D eigenvalue weighted by Gasteiger charge is 2.27. The second-order valence-corrected chi connectivity index (χ2v) is 8.50. The summed E-state index contributed by atoms with van der Waals surface area (Å²) < 4.78 is 29.7. The molecule has 1 aromatic heterocycles. The van der Waals surface area contributed by atoms with Crippen molar-refractivity contribution >= 4 is 32.5 Å². The zero-order valence-electron chi connectivity index (χ0n) is 14.6. The minimum Gasteiger partial charge on any atom is -0.436 e. The van der Waals surface area contributed by atoms with Crippen LogP contribution < -0.4 is 5.32 Å². The average molecular weight is 372 g/mol. The van der Waals surface area contributed by atoms with E-state index in [4.69, 9.17) is 4.42 Å². The quantitative estimate of drug-likeness (QED) is 0.713. The lowest BCUT2D eigenvalue weighted by molar-refractivity contribution is -0.115. The number of nitrogens with one attached hydrogen (secondary N) is 1. The molecule has 0 unspecified atom stereocenters. The van der Waals surface area contributed by atoms with Crippen LogP contribution in [0.3, 0.4) is 0 Å². The summed E-state index contributed by atoms with van der Waals surface area (Å²) in [7, 11) is -3.43. The van der Waals surface area contributed by atoms with E-state index in [0.717, 1.165) is 11.1 Å². The summed E-state index contributed by atoms with van der Waals surface area (Å²) in [5.41, 5.74) is 2.77. The van der Waals surface area contributed by atoms with Gasteiger partial charge in [0.1, 0.15) is 10.8 Å². The monoisotopic (exact) mass is 372 g/mol. The molecule has 1 amide bonds. The number of fused-ring (bicyclic) bond motifs is 1. The van der Waals surface area contributed by atoms with Crippen LogP contribution in [-0.2, 0) is 14.6 Å². The van der Waals surface area contributed by atoms with Gasteiger partial charge in [0, 0.05) is 11.3 Å². The highest BCUT2D eigenvalue weighted by molar-refractivity contribution is 7.92. The van der Waals surface area contributed by atoms with Crippen molar-refractivity contribution in [2.45, 2.75) is 25.5 Å². The van der Waals surface area contributed by atoms with Crippen molar-refractivity contribution in [2.24, 2.45) is 0 Å². The maximum absolute atomic E-state index is 12.2. The Balaban J connectivity index is 1.74. The van der Waals surface area contributed by atoms with Crippen LogP contribution in [0.15, 0.2) is 52.9 Å². The van der Waals surface area contributed by atoms with E-state index in [-0.39, 0.29) is 5.75 Å². The summed E-state index contributed by atoms with van der Waals surface area (Å²) in [6.07, 6.45) is 0.485. The van der Waals surface area contributed by atoms with Gasteiger partial charge in [0.05, 0.1) is 5.75 Å². The zero-order valence-corrected chi connectivity index (χ0v) is 15.4. The Morgan fingerprint density at radius 2 is 1.85 bits per heavy atom. The molecule has 6 nitrogen and oxygen atoms in total. The summed E-state index contributed by atoms with van der Waals surface area (Å²) >= 11 is 0. The molecule has 1 atom stereocenters. The predicted molar refractivity (Wildman–Crippen MR) is 102 cm³/mol. The van der Waals surface area contributed by atoms with E-state index in [9.17, 15) is 13.2 Å². The molecule has 0 saturated heterocycles. The first kappa shape index (κ1) is 18.1. The minimum atomic E-state index is -3.43. The van der Waals surface area contributed by atoms with Crippen LogP contribution in [-0.4, -0.2) is 30.3 Å². The summed E-state index contributed by atoms with van der Waals surface area (Å²) in [5, 5.41) is 1.56. The van der Waals surface area contributed by atoms with Crippen LogP contribution in [0.1, 0.15) is 20.3 Å². The summed E-state index contributed by atoms with van der Waals surface area (Å²) in [5.74, 6) is -0.0471. The molecule has 1 heterocycles. The maximum Gasteiger partial charge on any atom is 0.242 e. The molecular formula is C19H20N2O4S. The van der Waals surface area contributed by atoms with Crippen LogP contribution in [0, 0.1) is 0 Å². The van der Waals surface area contributed by atoms with E-state index in [1.165, 1.54) is 6.92 Å². The van der Waals surface area contributed by atoms with Gasteiger partial charge in [-0.1, -0.05) is 19.1 Å². The van der Waals surface area contributed by atoms with E-state index in [1.807, 2.05) is 24.3 Å². The van der Waals surface area contributed by atoms with Gasteiger partial charge in [0.15, 0.2) is 15.4 Å². The van der Waals surface area contributed by atoms with Crippen LogP contribution in [0.5, 0.6) is 0 Å². The fourth-order valence-corrected chi connectivity index (χ4v) is 3.87. The van der Waals surface area contributed by atoms with Gasteiger partial charge in [0.2, 0.25) is 11.8 Å². The fraction of sp³-hybridized carbons (Fsp3) is 0.263. The summed E-state index contributed by atoms with van der Waals surface area (Å²) in [4.78, 5) is 16.6. The number of anilines is 1. The lowest BCUT2D eigenvalue weighted by Gasteiger charge is -2.12. The number of carbonyl (C=O) groups is 1. The van der Waals surface area contributed by atoms with Crippen molar-refractivity contribution < 1.29 is 17.6 Å². The maximum atomic E-state index is 12.2. The number of rotatable bonds is 6. The number of carbonyl (C=O) groups excluding carboxylic acids is 1. The standard InChI is InChI=1S/C19H20N2O4S/c1-3-12-26(23,24)13(2)18(22)20-15-10-8-14(9-11-15)19-21-16-6-4-5-7-17(16)25-19/h4-11,13H,3,12H2,1-2H3,(H,20,22)/t13-/m1/s1. The summed E-state index contributed by atoms with van der Waals surface area (Å²) in [6.45, 7) is 3.18. The molecule has 26 heavy (non-hydrogen) atoms. The van der Waals surface area contributed by atoms with Crippen LogP contribution >= 0.6 is 0 Å². The van der Waals surface area contributed by atoms with Crippen molar-refractivity contribution in [3.8, 4) is 11.5 Å². The Kier molecular flexibility index (Phi) is 5.08. The van der Waals surface area contributed by atoms with Crippen LogP contribution in [0.4, 0.5) is 5.69 Å². The molecule has 0 aliphatic carbocycles. The molecule has 0 saturated carbocycles. The van der Waals surface area contributed by atoms with E-state index < -0.39 is 21.0 Å². The van der Waals surface area contributed by atoms with Gasteiger partial charge in [-0.05, 0) is 49.7 Å². The Morgan fingerprint density at radius 1 is 1.15 bits per heavy atom. The van der Waals surface area contributed by atoms with E-state index in [1.54, 1.807) is 31.2 Å². The Morgan fingerprint density at radius 3 is 2.50 bits per heavy atom. The predicted octanol–water partition coefficient (Wildman–Crippen LogP) is 3.65.